The minimum atomic E-state index is 0.186. The summed E-state index contributed by atoms with van der Waals surface area (Å²) in [4.78, 5) is 16.9. The van der Waals surface area contributed by atoms with Crippen molar-refractivity contribution in [2.24, 2.45) is 0 Å². The van der Waals surface area contributed by atoms with Gasteiger partial charge < -0.3 is 4.90 Å². The average molecular weight is 326 g/mol. The van der Waals surface area contributed by atoms with Crippen molar-refractivity contribution in [1.29, 1.82) is 0 Å². The lowest BCUT2D eigenvalue weighted by Gasteiger charge is -2.21. The van der Waals surface area contributed by atoms with Gasteiger partial charge in [-0.05, 0) is 34.5 Å². The molecule has 126 valence electrons. The molecule has 1 aromatic heterocycles. The van der Waals surface area contributed by atoms with E-state index in [0.29, 0.717) is 6.42 Å². The molecule has 1 aliphatic heterocycles. The number of amides is 1. The van der Waals surface area contributed by atoms with E-state index in [4.69, 9.17) is 0 Å². The maximum atomic E-state index is 12.5. The second-order valence-electron chi connectivity index (χ2n) is 5.92. The SMILES string of the molecule is C=CCN1CCCN(C(=O)Cc2ccc(-n3cnnn3)cc2)CC1. The molecule has 7 heteroatoms. The number of carbonyl (C=O) groups excluding carboxylic acids is 1. The molecule has 24 heavy (non-hydrogen) atoms. The Hall–Kier alpha value is -2.54. The van der Waals surface area contributed by atoms with E-state index in [0.717, 1.165) is 50.4 Å². The van der Waals surface area contributed by atoms with Gasteiger partial charge in [-0.1, -0.05) is 18.2 Å². The smallest absolute Gasteiger partial charge is 0.227 e. The number of tetrazole rings is 1. The zero-order valence-electron chi connectivity index (χ0n) is 13.7. The summed E-state index contributed by atoms with van der Waals surface area (Å²) >= 11 is 0. The molecule has 0 bridgehead atoms. The predicted octanol–water partition coefficient (Wildman–Crippen LogP) is 0.925. The highest BCUT2D eigenvalue weighted by Crippen LogP contribution is 2.11. The van der Waals surface area contributed by atoms with Crippen molar-refractivity contribution in [3.63, 3.8) is 0 Å². The summed E-state index contributed by atoms with van der Waals surface area (Å²) in [6.45, 7) is 8.23. The number of benzene rings is 1. The van der Waals surface area contributed by atoms with E-state index < -0.39 is 0 Å². The van der Waals surface area contributed by atoms with E-state index in [-0.39, 0.29) is 5.91 Å². The number of hydrogen-bond acceptors (Lipinski definition) is 5. The highest BCUT2D eigenvalue weighted by atomic mass is 16.2. The first-order chi connectivity index (χ1) is 11.8. The van der Waals surface area contributed by atoms with Gasteiger partial charge >= 0.3 is 0 Å². The van der Waals surface area contributed by atoms with E-state index in [9.17, 15) is 4.79 Å². The Bertz CT molecular complexity index is 667. The van der Waals surface area contributed by atoms with Crippen molar-refractivity contribution >= 4 is 5.91 Å². The van der Waals surface area contributed by atoms with E-state index in [1.807, 2.05) is 35.2 Å². The van der Waals surface area contributed by atoms with Crippen LogP contribution in [0.5, 0.6) is 0 Å². The molecule has 0 saturated carbocycles. The molecule has 7 nitrogen and oxygen atoms in total. The summed E-state index contributed by atoms with van der Waals surface area (Å²) in [5, 5.41) is 11.1. The molecule has 0 atom stereocenters. The number of nitrogens with zero attached hydrogens (tertiary/aromatic N) is 6. The number of hydrogen-bond donors (Lipinski definition) is 0. The Morgan fingerprint density at radius 2 is 2.00 bits per heavy atom. The van der Waals surface area contributed by atoms with Gasteiger partial charge in [-0.25, -0.2) is 4.68 Å². The van der Waals surface area contributed by atoms with Crippen LogP contribution in [0.25, 0.3) is 5.69 Å². The Labute approximate surface area is 141 Å². The van der Waals surface area contributed by atoms with Crippen LogP contribution in [-0.2, 0) is 11.2 Å². The van der Waals surface area contributed by atoms with Crippen LogP contribution in [-0.4, -0.2) is 68.6 Å². The standard InChI is InChI=1S/C17H22N6O/c1-2-8-21-9-3-10-22(12-11-21)17(24)13-15-4-6-16(7-5-15)23-14-18-19-20-23/h2,4-7,14H,1,3,8-13H2. The van der Waals surface area contributed by atoms with Crippen LogP contribution in [0, 0.1) is 0 Å². The van der Waals surface area contributed by atoms with Crippen molar-refractivity contribution in [2.45, 2.75) is 12.8 Å². The quantitative estimate of drug-likeness (QED) is 0.765. The Morgan fingerprint density at radius 1 is 1.17 bits per heavy atom. The average Bonchev–Trinajstić information content (AvgIpc) is 3.03. The highest BCUT2D eigenvalue weighted by molar-refractivity contribution is 5.78. The zero-order chi connectivity index (χ0) is 16.8. The van der Waals surface area contributed by atoms with Gasteiger partial charge in [0, 0.05) is 32.7 Å². The summed E-state index contributed by atoms with van der Waals surface area (Å²) in [7, 11) is 0. The summed E-state index contributed by atoms with van der Waals surface area (Å²) < 4.78 is 1.59. The molecule has 2 heterocycles. The normalized spacial score (nSPS) is 15.9. The fraction of sp³-hybridized carbons (Fsp3) is 0.412. The van der Waals surface area contributed by atoms with Crippen molar-refractivity contribution in [3.8, 4) is 5.69 Å². The topological polar surface area (TPSA) is 67.2 Å². The molecule has 0 N–H and O–H groups in total. The molecule has 0 spiro atoms. The molecule has 1 amide bonds. The van der Waals surface area contributed by atoms with Gasteiger partial charge in [-0.15, -0.1) is 11.7 Å². The van der Waals surface area contributed by atoms with E-state index in [1.165, 1.54) is 0 Å². The lowest BCUT2D eigenvalue weighted by molar-refractivity contribution is -0.130. The monoisotopic (exact) mass is 326 g/mol. The zero-order valence-corrected chi connectivity index (χ0v) is 13.7. The molecular weight excluding hydrogens is 304 g/mol. The van der Waals surface area contributed by atoms with Gasteiger partial charge in [0.15, 0.2) is 0 Å². The summed E-state index contributed by atoms with van der Waals surface area (Å²) in [5.74, 6) is 0.186. The van der Waals surface area contributed by atoms with Gasteiger partial charge in [-0.2, -0.15) is 0 Å². The maximum absolute atomic E-state index is 12.5. The van der Waals surface area contributed by atoms with Crippen molar-refractivity contribution in [3.05, 3.63) is 48.8 Å². The third-order valence-corrected chi connectivity index (χ3v) is 4.23. The van der Waals surface area contributed by atoms with Crippen molar-refractivity contribution < 1.29 is 4.79 Å². The second-order valence-corrected chi connectivity index (χ2v) is 5.92. The third kappa shape index (κ3) is 4.05. The summed E-state index contributed by atoms with van der Waals surface area (Å²) in [6.07, 6.45) is 4.91. The lowest BCUT2D eigenvalue weighted by atomic mass is 10.1. The number of rotatable bonds is 5. The molecule has 0 aliphatic carbocycles. The molecule has 0 radical (unpaired) electrons. The van der Waals surface area contributed by atoms with E-state index in [2.05, 4.69) is 27.0 Å². The minimum absolute atomic E-state index is 0.186. The Balaban J connectivity index is 1.57. The molecule has 2 aromatic rings. The first-order valence-electron chi connectivity index (χ1n) is 8.19. The van der Waals surface area contributed by atoms with Gasteiger partial charge in [0.05, 0.1) is 12.1 Å². The first kappa shape index (κ1) is 16.3. The third-order valence-electron chi connectivity index (χ3n) is 4.23. The highest BCUT2D eigenvalue weighted by Gasteiger charge is 2.18. The van der Waals surface area contributed by atoms with Crippen LogP contribution >= 0.6 is 0 Å². The van der Waals surface area contributed by atoms with Gasteiger partial charge in [-0.3, -0.25) is 9.69 Å². The van der Waals surface area contributed by atoms with Gasteiger partial charge in [0.25, 0.3) is 0 Å². The predicted molar refractivity (Wildman–Crippen MR) is 90.7 cm³/mol. The van der Waals surface area contributed by atoms with Crippen molar-refractivity contribution in [2.75, 3.05) is 32.7 Å². The molecular formula is C17H22N6O. The molecule has 1 fully saturated rings. The summed E-state index contributed by atoms with van der Waals surface area (Å²) in [5.41, 5.74) is 1.88. The molecule has 1 aromatic carbocycles. The Kier molecular flexibility index (Phi) is 5.32. The van der Waals surface area contributed by atoms with Crippen LogP contribution in [0.4, 0.5) is 0 Å². The maximum Gasteiger partial charge on any atom is 0.227 e. The summed E-state index contributed by atoms with van der Waals surface area (Å²) in [6, 6.07) is 7.76. The van der Waals surface area contributed by atoms with Crippen LogP contribution in [0.3, 0.4) is 0 Å². The lowest BCUT2D eigenvalue weighted by Crippen LogP contribution is -2.36. The second kappa shape index (κ2) is 7.83. The largest absolute Gasteiger partial charge is 0.341 e. The first-order valence-corrected chi connectivity index (χ1v) is 8.19. The van der Waals surface area contributed by atoms with Crippen LogP contribution in [0.15, 0.2) is 43.2 Å². The van der Waals surface area contributed by atoms with Gasteiger partial charge in [0.2, 0.25) is 5.91 Å². The molecule has 1 aliphatic rings. The molecule has 0 unspecified atom stereocenters. The molecule has 3 rings (SSSR count). The molecule has 1 saturated heterocycles. The fourth-order valence-corrected chi connectivity index (χ4v) is 2.92. The van der Waals surface area contributed by atoms with E-state index in [1.54, 1.807) is 11.0 Å². The van der Waals surface area contributed by atoms with Crippen LogP contribution < -0.4 is 0 Å². The number of carbonyl (C=O) groups is 1. The van der Waals surface area contributed by atoms with E-state index >= 15 is 0 Å². The fourth-order valence-electron chi connectivity index (χ4n) is 2.92. The minimum Gasteiger partial charge on any atom is -0.341 e. The Morgan fingerprint density at radius 3 is 2.71 bits per heavy atom. The van der Waals surface area contributed by atoms with Gasteiger partial charge in [0.1, 0.15) is 6.33 Å². The van der Waals surface area contributed by atoms with Crippen molar-refractivity contribution in [1.82, 2.24) is 30.0 Å². The van der Waals surface area contributed by atoms with Crippen LogP contribution in [0.1, 0.15) is 12.0 Å². The van der Waals surface area contributed by atoms with Crippen LogP contribution in [0.2, 0.25) is 0 Å². The number of aromatic nitrogens is 4.